The lowest BCUT2D eigenvalue weighted by molar-refractivity contribution is -0.137. The maximum absolute atomic E-state index is 13.2. The highest BCUT2D eigenvalue weighted by atomic mass is 32.2. The highest BCUT2D eigenvalue weighted by molar-refractivity contribution is 7.89. The molecule has 1 atom stereocenters. The van der Waals surface area contributed by atoms with Crippen LogP contribution in [-0.4, -0.2) is 40.8 Å². The minimum Gasteiger partial charge on any atom is -0.325 e. The van der Waals surface area contributed by atoms with E-state index in [1.54, 1.807) is 19.2 Å². The molecule has 1 fully saturated rings. The molecule has 0 unspecified atom stereocenters. The minimum atomic E-state index is -4.62. The second-order valence-corrected chi connectivity index (χ2v) is 10.2. The molecule has 0 saturated carbocycles. The topological polar surface area (TPSA) is 88.1 Å². The minimum absolute atomic E-state index is 0.122. The van der Waals surface area contributed by atoms with Gasteiger partial charge in [-0.15, -0.1) is 0 Å². The number of halogens is 3. The van der Waals surface area contributed by atoms with E-state index >= 15 is 0 Å². The van der Waals surface area contributed by atoms with Crippen LogP contribution >= 0.6 is 0 Å². The van der Waals surface area contributed by atoms with Crippen LogP contribution in [0.5, 0.6) is 0 Å². The third kappa shape index (κ3) is 5.36. The Morgan fingerprint density at radius 2 is 1.85 bits per heavy atom. The highest BCUT2D eigenvalue weighted by Gasteiger charge is 2.35. The summed E-state index contributed by atoms with van der Waals surface area (Å²) in [4.78, 5) is 12.8. The molecule has 1 aliphatic rings. The Kier molecular flexibility index (Phi) is 6.59. The Morgan fingerprint density at radius 1 is 1.06 bits per heavy atom. The fourth-order valence-corrected chi connectivity index (χ4v) is 5.55. The molecule has 3 heterocycles. The van der Waals surface area contributed by atoms with Gasteiger partial charge in [0, 0.05) is 31.3 Å². The number of aromatic nitrogens is 3. The fraction of sp³-hybridized carbons (Fsp3) is 0.348. The molecule has 0 radical (unpaired) electrons. The largest absolute Gasteiger partial charge is 0.416 e. The number of pyridine rings is 1. The Hall–Kier alpha value is -3.05. The van der Waals surface area contributed by atoms with Crippen molar-refractivity contribution in [1.29, 1.82) is 0 Å². The normalized spacial score (nSPS) is 17.5. The second-order valence-electron chi connectivity index (χ2n) is 8.30. The summed E-state index contributed by atoms with van der Waals surface area (Å²) >= 11 is 0. The molecule has 2 aromatic heterocycles. The molecule has 11 heteroatoms. The quantitative estimate of drug-likeness (QED) is 0.551. The van der Waals surface area contributed by atoms with Crippen LogP contribution in [0.1, 0.15) is 41.4 Å². The molecule has 34 heavy (non-hydrogen) atoms. The summed E-state index contributed by atoms with van der Waals surface area (Å²) in [5.74, 6) is 1.47. The summed E-state index contributed by atoms with van der Waals surface area (Å²) in [6.45, 7) is 4.05. The maximum Gasteiger partial charge on any atom is 0.416 e. The maximum atomic E-state index is 13.2. The van der Waals surface area contributed by atoms with Crippen molar-refractivity contribution in [2.24, 2.45) is 0 Å². The lowest BCUT2D eigenvalue weighted by Crippen LogP contribution is -2.39. The first-order valence-corrected chi connectivity index (χ1v) is 12.2. The van der Waals surface area contributed by atoms with Gasteiger partial charge in [0.2, 0.25) is 10.0 Å². The van der Waals surface area contributed by atoms with Crippen LogP contribution < -0.4 is 5.32 Å². The predicted molar refractivity (Wildman–Crippen MR) is 121 cm³/mol. The van der Waals surface area contributed by atoms with Gasteiger partial charge < -0.3 is 5.32 Å². The summed E-state index contributed by atoms with van der Waals surface area (Å²) in [7, 11) is -4.09. The van der Waals surface area contributed by atoms with Crippen LogP contribution in [0.4, 0.5) is 24.8 Å². The first-order valence-electron chi connectivity index (χ1n) is 10.7. The van der Waals surface area contributed by atoms with Crippen molar-refractivity contribution < 1.29 is 21.6 Å². The summed E-state index contributed by atoms with van der Waals surface area (Å²) in [6, 6.07) is 9.37. The molecule has 0 bridgehead atoms. The summed E-state index contributed by atoms with van der Waals surface area (Å²) in [5, 5.41) is 3.15. The Labute approximate surface area is 196 Å². The highest BCUT2D eigenvalue weighted by Crippen LogP contribution is 2.34. The van der Waals surface area contributed by atoms with Gasteiger partial charge in [-0.05, 0) is 62.6 Å². The van der Waals surface area contributed by atoms with E-state index in [0.29, 0.717) is 42.1 Å². The zero-order chi connectivity index (χ0) is 24.5. The van der Waals surface area contributed by atoms with Crippen molar-refractivity contribution in [2.75, 3.05) is 18.4 Å². The van der Waals surface area contributed by atoms with Gasteiger partial charge in [0.15, 0.2) is 0 Å². The summed E-state index contributed by atoms with van der Waals surface area (Å²) < 4.78 is 66.9. The molecule has 4 rings (SSSR count). The van der Waals surface area contributed by atoms with Crippen LogP contribution in [0.15, 0.2) is 53.6 Å². The Balaban J connectivity index is 1.58. The number of rotatable bonds is 5. The molecule has 180 valence electrons. The van der Waals surface area contributed by atoms with Crippen molar-refractivity contribution >= 4 is 21.7 Å². The van der Waals surface area contributed by atoms with Gasteiger partial charge in [0.25, 0.3) is 0 Å². The first-order chi connectivity index (χ1) is 16.0. The smallest absolute Gasteiger partial charge is 0.325 e. The molecule has 3 aromatic rings. The van der Waals surface area contributed by atoms with Crippen LogP contribution in [-0.2, 0) is 16.2 Å². The third-order valence-electron chi connectivity index (χ3n) is 5.63. The van der Waals surface area contributed by atoms with E-state index in [0.717, 1.165) is 17.7 Å². The Morgan fingerprint density at radius 3 is 2.59 bits per heavy atom. The van der Waals surface area contributed by atoms with Crippen molar-refractivity contribution in [1.82, 2.24) is 19.3 Å². The number of nitrogens with one attached hydrogen (secondary N) is 1. The standard InChI is InChI=1S/C23H24F3N5O2S/c1-15-8-9-27-21(11-15)30-22-13-20(28-16(2)29-22)17-5-4-10-31(14-17)34(32,33)19-7-3-6-18(12-19)23(24,25)26/h3,6-9,11-13,17H,4-5,10,14H2,1-2H3,(H,27,28,29,30)/t17-/m0/s1. The zero-order valence-electron chi connectivity index (χ0n) is 18.7. The molecule has 0 spiro atoms. The average Bonchev–Trinajstić information content (AvgIpc) is 2.78. The molecular formula is C23H24F3N5O2S. The zero-order valence-corrected chi connectivity index (χ0v) is 19.5. The van der Waals surface area contributed by atoms with Crippen molar-refractivity contribution in [2.45, 2.75) is 43.7 Å². The predicted octanol–water partition coefficient (Wildman–Crippen LogP) is 4.82. The number of aryl methyl sites for hydroxylation is 2. The van der Waals surface area contributed by atoms with E-state index < -0.39 is 21.8 Å². The molecule has 0 amide bonds. The Bertz CT molecular complexity index is 1300. The van der Waals surface area contributed by atoms with Crippen LogP contribution in [0.25, 0.3) is 0 Å². The van der Waals surface area contributed by atoms with E-state index in [-0.39, 0.29) is 23.9 Å². The fourth-order valence-electron chi connectivity index (χ4n) is 3.98. The average molecular weight is 492 g/mol. The number of anilines is 2. The van der Waals surface area contributed by atoms with Crippen molar-refractivity contribution in [3.8, 4) is 0 Å². The number of alkyl halides is 3. The second kappa shape index (κ2) is 9.30. The SMILES string of the molecule is Cc1ccnc(Nc2cc([C@H]3CCCN(S(=O)(=O)c4cccc(C(F)(F)F)c4)C3)nc(C)n2)c1. The van der Waals surface area contributed by atoms with Gasteiger partial charge in [0.05, 0.1) is 16.2 Å². The lowest BCUT2D eigenvalue weighted by atomic mass is 9.96. The number of benzene rings is 1. The van der Waals surface area contributed by atoms with E-state index in [9.17, 15) is 21.6 Å². The number of sulfonamides is 1. The molecule has 7 nitrogen and oxygen atoms in total. The van der Waals surface area contributed by atoms with Gasteiger partial charge in [-0.2, -0.15) is 17.5 Å². The van der Waals surface area contributed by atoms with Gasteiger partial charge >= 0.3 is 6.18 Å². The molecule has 0 aliphatic carbocycles. The van der Waals surface area contributed by atoms with Crippen LogP contribution in [0.3, 0.4) is 0 Å². The van der Waals surface area contributed by atoms with Gasteiger partial charge in [-0.25, -0.2) is 23.4 Å². The number of hydrogen-bond donors (Lipinski definition) is 1. The van der Waals surface area contributed by atoms with E-state index in [1.807, 2.05) is 19.1 Å². The lowest BCUT2D eigenvalue weighted by Gasteiger charge is -2.32. The summed E-state index contributed by atoms with van der Waals surface area (Å²) in [6.07, 6.45) is -1.67. The van der Waals surface area contributed by atoms with E-state index in [4.69, 9.17) is 0 Å². The first kappa shape index (κ1) is 24.1. The number of hydrogen-bond acceptors (Lipinski definition) is 6. The number of piperidine rings is 1. The molecular weight excluding hydrogens is 467 g/mol. The summed E-state index contributed by atoms with van der Waals surface area (Å²) in [5.41, 5.74) is 0.715. The number of nitrogens with zero attached hydrogens (tertiary/aromatic N) is 4. The molecule has 1 N–H and O–H groups in total. The monoisotopic (exact) mass is 491 g/mol. The van der Waals surface area contributed by atoms with Crippen LogP contribution in [0, 0.1) is 13.8 Å². The van der Waals surface area contributed by atoms with E-state index in [1.165, 1.54) is 10.4 Å². The van der Waals surface area contributed by atoms with Gasteiger partial charge in [0.1, 0.15) is 17.5 Å². The van der Waals surface area contributed by atoms with Gasteiger partial charge in [-0.3, -0.25) is 0 Å². The molecule has 1 aromatic carbocycles. The van der Waals surface area contributed by atoms with Crippen molar-refractivity contribution in [3.63, 3.8) is 0 Å². The van der Waals surface area contributed by atoms with Crippen molar-refractivity contribution in [3.05, 3.63) is 71.3 Å². The van der Waals surface area contributed by atoms with Gasteiger partial charge in [-0.1, -0.05) is 6.07 Å². The molecule has 1 aliphatic heterocycles. The third-order valence-corrected chi connectivity index (χ3v) is 7.49. The van der Waals surface area contributed by atoms with Crippen LogP contribution in [0.2, 0.25) is 0 Å². The van der Waals surface area contributed by atoms with E-state index in [2.05, 4.69) is 20.3 Å². The molecule has 1 saturated heterocycles.